The van der Waals surface area contributed by atoms with Gasteiger partial charge in [0.05, 0.1) is 17.4 Å². The molecule has 0 radical (unpaired) electrons. The van der Waals surface area contributed by atoms with Crippen molar-refractivity contribution in [1.29, 1.82) is 0 Å². The minimum Gasteiger partial charge on any atom is -0.463 e. The van der Waals surface area contributed by atoms with Gasteiger partial charge in [-0.2, -0.15) is 0 Å². The summed E-state index contributed by atoms with van der Waals surface area (Å²) < 4.78 is 29.0. The van der Waals surface area contributed by atoms with Crippen LogP contribution >= 0.6 is 0 Å². The highest BCUT2D eigenvalue weighted by molar-refractivity contribution is 5.83. The molecule has 4 aromatic rings. The van der Waals surface area contributed by atoms with Gasteiger partial charge in [-0.3, -0.25) is 9.59 Å². The van der Waals surface area contributed by atoms with Crippen molar-refractivity contribution in [3.8, 4) is 16.9 Å². The van der Waals surface area contributed by atoms with E-state index >= 15 is 0 Å². The van der Waals surface area contributed by atoms with E-state index in [1.807, 2.05) is 30.3 Å². The zero-order valence-electron chi connectivity index (χ0n) is 18.0. The second kappa shape index (κ2) is 10.4. The number of halogens is 1. The fourth-order valence-corrected chi connectivity index (χ4v) is 3.22. The molecule has 0 unspecified atom stereocenters. The highest BCUT2D eigenvalue weighted by Gasteiger charge is 2.12. The van der Waals surface area contributed by atoms with Gasteiger partial charge in [0.25, 0.3) is 0 Å². The Bertz CT molecular complexity index is 1370. The third-order valence-electron chi connectivity index (χ3n) is 4.94. The summed E-state index contributed by atoms with van der Waals surface area (Å²) in [6, 6.07) is 19.1. The lowest BCUT2D eigenvalue weighted by Gasteiger charge is -2.08. The molecule has 172 valence electrons. The number of alkyl carbamates (subject to hydrolysis) is 1. The first kappa shape index (κ1) is 22.7. The molecular formula is C26H20FNO6. The normalized spacial score (nSPS) is 10.6. The van der Waals surface area contributed by atoms with E-state index in [-0.39, 0.29) is 36.3 Å². The van der Waals surface area contributed by atoms with E-state index in [1.54, 1.807) is 0 Å². The first-order chi connectivity index (χ1) is 16.5. The smallest absolute Gasteiger partial charge is 0.407 e. The first-order valence-corrected chi connectivity index (χ1v) is 10.5. The zero-order chi connectivity index (χ0) is 23.9. The number of amides is 1. The van der Waals surface area contributed by atoms with Crippen molar-refractivity contribution >= 4 is 23.0 Å². The van der Waals surface area contributed by atoms with Crippen LogP contribution in [0.25, 0.3) is 22.1 Å². The third kappa shape index (κ3) is 5.66. The number of esters is 1. The average molecular weight is 461 g/mol. The molecule has 0 atom stereocenters. The van der Waals surface area contributed by atoms with Crippen LogP contribution in [-0.4, -0.2) is 18.6 Å². The van der Waals surface area contributed by atoms with Gasteiger partial charge in [0, 0.05) is 12.6 Å². The molecule has 8 heteroatoms. The highest BCUT2D eigenvalue weighted by atomic mass is 19.1. The molecule has 0 saturated carbocycles. The SMILES string of the molecule is O=C(CCNC(=O)OCc1ccccc1)Oc1ccc2c(=O)c(-c3ccc(F)cc3)coc2c1. The van der Waals surface area contributed by atoms with Crippen LogP contribution in [0, 0.1) is 5.82 Å². The van der Waals surface area contributed by atoms with Gasteiger partial charge in [-0.15, -0.1) is 0 Å². The Labute approximate surface area is 193 Å². The summed E-state index contributed by atoms with van der Waals surface area (Å²) in [4.78, 5) is 36.6. The van der Waals surface area contributed by atoms with Crippen molar-refractivity contribution in [3.63, 3.8) is 0 Å². The van der Waals surface area contributed by atoms with Crippen LogP contribution in [0.15, 0.2) is 88.3 Å². The Morgan fingerprint density at radius 3 is 2.50 bits per heavy atom. The van der Waals surface area contributed by atoms with Gasteiger partial charge in [-0.1, -0.05) is 42.5 Å². The van der Waals surface area contributed by atoms with E-state index in [4.69, 9.17) is 13.9 Å². The number of carbonyl (C=O) groups is 2. The molecule has 0 saturated heterocycles. The topological polar surface area (TPSA) is 94.8 Å². The molecule has 1 N–H and O–H groups in total. The van der Waals surface area contributed by atoms with Crippen molar-refractivity contribution in [1.82, 2.24) is 5.32 Å². The minimum absolute atomic E-state index is 0.0378. The Hall–Kier alpha value is -4.46. The molecule has 0 fully saturated rings. The van der Waals surface area contributed by atoms with Crippen molar-refractivity contribution in [2.75, 3.05) is 6.54 Å². The molecule has 1 aromatic heterocycles. The summed E-state index contributed by atoms with van der Waals surface area (Å²) in [5, 5.41) is 2.78. The molecule has 0 bridgehead atoms. The molecule has 0 aliphatic heterocycles. The van der Waals surface area contributed by atoms with Crippen LogP contribution in [0.4, 0.5) is 9.18 Å². The standard InChI is InChI=1S/C26H20FNO6/c27-19-8-6-18(7-9-19)22-16-32-23-14-20(10-11-21(23)25(22)30)34-24(29)12-13-28-26(31)33-15-17-4-2-1-3-5-17/h1-11,14,16H,12-13,15H2,(H,28,31). The Balaban J connectivity index is 1.31. The molecule has 1 amide bonds. The Kier molecular flexibility index (Phi) is 6.98. The summed E-state index contributed by atoms with van der Waals surface area (Å²) in [5.74, 6) is -0.783. The summed E-state index contributed by atoms with van der Waals surface area (Å²) >= 11 is 0. The molecule has 7 nitrogen and oxygen atoms in total. The lowest BCUT2D eigenvalue weighted by atomic mass is 10.1. The largest absolute Gasteiger partial charge is 0.463 e. The van der Waals surface area contributed by atoms with Crippen molar-refractivity contribution < 1.29 is 27.9 Å². The lowest BCUT2D eigenvalue weighted by molar-refractivity contribution is -0.134. The second-order valence-electron chi connectivity index (χ2n) is 7.36. The average Bonchev–Trinajstić information content (AvgIpc) is 2.84. The number of hydrogen-bond donors (Lipinski definition) is 1. The molecule has 0 aliphatic carbocycles. The van der Waals surface area contributed by atoms with E-state index < -0.39 is 17.9 Å². The van der Waals surface area contributed by atoms with Gasteiger partial charge in [-0.25, -0.2) is 9.18 Å². The predicted octanol–water partition coefficient (Wildman–Crippen LogP) is 4.82. The number of carbonyl (C=O) groups excluding carboxylic acids is 2. The van der Waals surface area contributed by atoms with Crippen molar-refractivity contribution in [3.05, 3.63) is 101 Å². The number of nitrogens with one attached hydrogen (secondary N) is 1. The summed E-state index contributed by atoms with van der Waals surface area (Å²) in [6.45, 7) is 0.165. The molecule has 34 heavy (non-hydrogen) atoms. The monoisotopic (exact) mass is 461 g/mol. The van der Waals surface area contributed by atoms with Gasteiger partial charge in [0.15, 0.2) is 5.43 Å². The molecule has 0 aliphatic rings. The maximum Gasteiger partial charge on any atom is 0.407 e. The predicted molar refractivity (Wildman–Crippen MR) is 123 cm³/mol. The van der Waals surface area contributed by atoms with E-state index in [0.717, 1.165) is 5.56 Å². The van der Waals surface area contributed by atoms with Crippen LogP contribution in [-0.2, 0) is 16.1 Å². The van der Waals surface area contributed by atoms with Crippen LogP contribution in [0.3, 0.4) is 0 Å². The molecule has 3 aromatic carbocycles. The van der Waals surface area contributed by atoms with Gasteiger partial charge in [-0.05, 0) is 35.4 Å². The van der Waals surface area contributed by atoms with Crippen molar-refractivity contribution in [2.45, 2.75) is 13.0 Å². The highest BCUT2D eigenvalue weighted by Crippen LogP contribution is 2.23. The van der Waals surface area contributed by atoms with E-state index in [9.17, 15) is 18.8 Å². The minimum atomic E-state index is -0.638. The fraction of sp³-hybridized carbons (Fsp3) is 0.115. The van der Waals surface area contributed by atoms with Crippen molar-refractivity contribution in [2.24, 2.45) is 0 Å². The van der Waals surface area contributed by atoms with Gasteiger partial charge >= 0.3 is 12.1 Å². The Morgan fingerprint density at radius 2 is 1.74 bits per heavy atom. The van der Waals surface area contributed by atoms with E-state index in [1.165, 1.54) is 48.7 Å². The first-order valence-electron chi connectivity index (χ1n) is 10.5. The van der Waals surface area contributed by atoms with Gasteiger partial charge in [0.2, 0.25) is 0 Å². The van der Waals surface area contributed by atoms with Crippen LogP contribution in [0.5, 0.6) is 5.75 Å². The molecule has 1 heterocycles. The van der Waals surface area contributed by atoms with E-state index in [0.29, 0.717) is 16.5 Å². The number of rotatable bonds is 7. The maximum absolute atomic E-state index is 13.2. The number of benzene rings is 3. The van der Waals surface area contributed by atoms with E-state index in [2.05, 4.69) is 5.32 Å². The Morgan fingerprint density at radius 1 is 0.971 bits per heavy atom. The third-order valence-corrected chi connectivity index (χ3v) is 4.94. The molecule has 4 rings (SSSR count). The van der Waals surface area contributed by atoms with Crippen LogP contribution < -0.4 is 15.5 Å². The number of ether oxygens (including phenoxy) is 2. The number of fused-ring (bicyclic) bond motifs is 1. The summed E-state index contributed by atoms with van der Waals surface area (Å²) in [5.41, 5.74) is 1.63. The lowest BCUT2D eigenvalue weighted by Crippen LogP contribution is -2.27. The van der Waals surface area contributed by atoms with Gasteiger partial charge in [0.1, 0.15) is 30.0 Å². The van der Waals surface area contributed by atoms with Crippen LogP contribution in [0.2, 0.25) is 0 Å². The zero-order valence-corrected chi connectivity index (χ0v) is 18.0. The summed E-state index contributed by atoms with van der Waals surface area (Å²) in [7, 11) is 0. The summed E-state index contributed by atoms with van der Waals surface area (Å²) in [6.07, 6.45) is 0.571. The fourth-order valence-electron chi connectivity index (χ4n) is 3.22. The maximum atomic E-state index is 13.2. The second-order valence-corrected chi connectivity index (χ2v) is 7.36. The number of hydrogen-bond acceptors (Lipinski definition) is 6. The quantitative estimate of drug-likeness (QED) is 0.313. The van der Waals surface area contributed by atoms with Crippen LogP contribution in [0.1, 0.15) is 12.0 Å². The molecule has 0 spiro atoms. The molecular weight excluding hydrogens is 441 g/mol. The van der Waals surface area contributed by atoms with Gasteiger partial charge < -0.3 is 19.2 Å².